The van der Waals surface area contributed by atoms with Crippen LogP contribution in [0.1, 0.15) is 16.3 Å². The minimum atomic E-state index is -3.89. The summed E-state index contributed by atoms with van der Waals surface area (Å²) in [5, 5.41) is 16.4. The van der Waals surface area contributed by atoms with E-state index < -0.39 is 21.7 Å². The molecule has 0 amide bonds. The second kappa shape index (κ2) is 5.64. The number of carboxylic acids is 1. The highest BCUT2D eigenvalue weighted by molar-refractivity contribution is 7.91. The maximum atomic E-state index is 12.0. The lowest BCUT2D eigenvalue weighted by molar-refractivity contribution is 0.0687. The van der Waals surface area contributed by atoms with Gasteiger partial charge in [0.15, 0.2) is 9.90 Å². The highest BCUT2D eigenvalue weighted by Crippen LogP contribution is 2.19. The lowest BCUT2D eigenvalue weighted by atomic mass is 10.4. The lowest BCUT2D eigenvalue weighted by Gasteiger charge is -2.05. The summed E-state index contributed by atoms with van der Waals surface area (Å²) in [5.41, 5.74) is 0.710. The van der Waals surface area contributed by atoms with Gasteiger partial charge < -0.3 is 9.67 Å². The van der Waals surface area contributed by atoms with Crippen molar-refractivity contribution in [3.8, 4) is 0 Å². The molecule has 0 saturated carbocycles. The minimum Gasteiger partial charge on any atom is -0.476 e. The van der Waals surface area contributed by atoms with Gasteiger partial charge in [-0.05, 0) is 0 Å². The van der Waals surface area contributed by atoms with Crippen molar-refractivity contribution in [1.29, 1.82) is 0 Å². The first-order valence-corrected chi connectivity index (χ1v) is 7.77. The van der Waals surface area contributed by atoms with Crippen LogP contribution in [0.4, 0.5) is 0 Å². The van der Waals surface area contributed by atoms with Crippen LogP contribution in [0.5, 0.6) is 0 Å². The number of thiazole rings is 1. The van der Waals surface area contributed by atoms with E-state index in [9.17, 15) is 13.2 Å². The number of carboxylic acid groups (broad SMARTS) is 1. The first-order chi connectivity index (χ1) is 9.42. The topological polar surface area (TPSA) is 127 Å². The molecule has 0 unspecified atom stereocenters. The van der Waals surface area contributed by atoms with Crippen LogP contribution in [-0.2, 0) is 23.5 Å². The molecule has 0 spiro atoms. The van der Waals surface area contributed by atoms with Gasteiger partial charge in [0.1, 0.15) is 12.2 Å². The number of carbonyl (C=O) groups is 1. The average Bonchev–Trinajstić information content (AvgIpc) is 2.98. The Morgan fingerprint density at radius 3 is 2.90 bits per heavy atom. The van der Waals surface area contributed by atoms with Crippen LogP contribution in [0.3, 0.4) is 0 Å². The van der Waals surface area contributed by atoms with Gasteiger partial charge >= 0.3 is 5.97 Å². The van der Waals surface area contributed by atoms with E-state index in [1.54, 1.807) is 11.6 Å². The highest BCUT2D eigenvalue weighted by atomic mass is 32.2. The van der Waals surface area contributed by atoms with Gasteiger partial charge in [-0.25, -0.2) is 22.9 Å². The SMILES string of the molecule is Cn1cnnc1CCNS(=O)(=O)c1scnc1C(=O)O. The molecule has 20 heavy (non-hydrogen) atoms. The number of hydrogen-bond donors (Lipinski definition) is 2. The number of nitrogens with one attached hydrogen (secondary N) is 1. The van der Waals surface area contributed by atoms with E-state index >= 15 is 0 Å². The Morgan fingerprint density at radius 1 is 1.55 bits per heavy atom. The standard InChI is InChI=1S/C9H11N5O4S2/c1-14-4-11-13-6(14)2-3-12-20(17,18)9-7(8(15)16)10-5-19-9/h4-5,12H,2-3H2,1H3,(H,15,16). The minimum absolute atomic E-state index is 0.0891. The average molecular weight is 317 g/mol. The van der Waals surface area contributed by atoms with Gasteiger partial charge in [0.25, 0.3) is 10.0 Å². The summed E-state index contributed by atoms with van der Waals surface area (Å²) in [6.07, 6.45) is 1.85. The van der Waals surface area contributed by atoms with E-state index in [1.807, 2.05) is 0 Å². The first kappa shape index (κ1) is 14.6. The molecule has 2 heterocycles. The van der Waals surface area contributed by atoms with Gasteiger partial charge in [0.05, 0.1) is 5.51 Å². The second-order valence-electron chi connectivity index (χ2n) is 3.80. The zero-order valence-corrected chi connectivity index (χ0v) is 12.0. The predicted molar refractivity (Wildman–Crippen MR) is 69.0 cm³/mol. The van der Waals surface area contributed by atoms with Crippen LogP contribution >= 0.6 is 11.3 Å². The monoisotopic (exact) mass is 317 g/mol. The zero-order valence-electron chi connectivity index (χ0n) is 10.3. The van der Waals surface area contributed by atoms with Crippen molar-refractivity contribution in [3.63, 3.8) is 0 Å². The van der Waals surface area contributed by atoms with Crippen LogP contribution < -0.4 is 4.72 Å². The maximum Gasteiger partial charge on any atom is 0.356 e. The molecule has 0 aliphatic carbocycles. The van der Waals surface area contributed by atoms with Crippen molar-refractivity contribution in [2.45, 2.75) is 10.6 Å². The number of aromatic carboxylic acids is 1. The maximum absolute atomic E-state index is 12.0. The Morgan fingerprint density at radius 2 is 2.30 bits per heavy atom. The van der Waals surface area contributed by atoms with Crippen LogP contribution in [0.25, 0.3) is 0 Å². The molecular formula is C9H11N5O4S2. The fraction of sp³-hybridized carbons (Fsp3) is 0.333. The van der Waals surface area contributed by atoms with Gasteiger partial charge in [-0.2, -0.15) is 0 Å². The summed E-state index contributed by atoms with van der Waals surface area (Å²) >= 11 is 0.760. The molecule has 0 aromatic carbocycles. The van der Waals surface area contributed by atoms with Crippen LogP contribution in [-0.4, -0.2) is 45.8 Å². The highest BCUT2D eigenvalue weighted by Gasteiger charge is 2.25. The Hall–Kier alpha value is -1.85. The first-order valence-electron chi connectivity index (χ1n) is 5.41. The van der Waals surface area contributed by atoms with Gasteiger partial charge in [0, 0.05) is 20.0 Å². The van der Waals surface area contributed by atoms with E-state index in [0.29, 0.717) is 12.2 Å². The number of sulfonamides is 1. The van der Waals surface area contributed by atoms with Crippen molar-refractivity contribution >= 4 is 27.3 Å². The summed E-state index contributed by atoms with van der Waals surface area (Å²) in [6, 6.07) is 0. The Labute approximate surface area is 118 Å². The largest absolute Gasteiger partial charge is 0.476 e. The number of rotatable bonds is 6. The molecule has 2 rings (SSSR count). The molecule has 0 atom stereocenters. The summed E-state index contributed by atoms with van der Waals surface area (Å²) in [7, 11) is -2.15. The third kappa shape index (κ3) is 3.00. The van der Waals surface area contributed by atoms with Crippen molar-refractivity contribution in [2.24, 2.45) is 7.05 Å². The molecule has 11 heteroatoms. The normalized spacial score (nSPS) is 11.7. The van der Waals surface area contributed by atoms with Crippen LogP contribution in [0.15, 0.2) is 16.0 Å². The van der Waals surface area contributed by atoms with Crippen LogP contribution in [0.2, 0.25) is 0 Å². The number of nitrogens with zero attached hydrogens (tertiary/aromatic N) is 4. The number of aromatic nitrogens is 4. The number of aryl methyl sites for hydroxylation is 1. The summed E-state index contributed by atoms with van der Waals surface area (Å²) in [6.45, 7) is 0.0891. The lowest BCUT2D eigenvalue weighted by Crippen LogP contribution is -2.27. The molecule has 0 aliphatic rings. The molecular weight excluding hydrogens is 306 g/mol. The summed E-state index contributed by atoms with van der Waals surface area (Å²) in [5.74, 6) is -0.754. The summed E-state index contributed by atoms with van der Waals surface area (Å²) in [4.78, 5) is 14.4. The Kier molecular flexibility index (Phi) is 4.11. The molecule has 0 bridgehead atoms. The van der Waals surface area contributed by atoms with E-state index in [0.717, 1.165) is 11.3 Å². The van der Waals surface area contributed by atoms with Gasteiger partial charge in [-0.1, -0.05) is 0 Å². The fourth-order valence-electron chi connectivity index (χ4n) is 1.46. The van der Waals surface area contributed by atoms with Gasteiger partial charge in [0.2, 0.25) is 0 Å². The Bertz CT molecular complexity index is 720. The molecule has 9 nitrogen and oxygen atoms in total. The number of hydrogen-bond acceptors (Lipinski definition) is 7. The van der Waals surface area contributed by atoms with E-state index in [4.69, 9.17) is 5.11 Å². The van der Waals surface area contributed by atoms with Crippen molar-refractivity contribution in [3.05, 3.63) is 23.4 Å². The van der Waals surface area contributed by atoms with Crippen molar-refractivity contribution in [1.82, 2.24) is 24.5 Å². The molecule has 2 N–H and O–H groups in total. The molecule has 0 fully saturated rings. The third-order valence-electron chi connectivity index (χ3n) is 2.43. The molecule has 0 saturated heterocycles. The van der Waals surface area contributed by atoms with Crippen LogP contribution in [0, 0.1) is 0 Å². The van der Waals surface area contributed by atoms with E-state index in [-0.39, 0.29) is 10.8 Å². The van der Waals surface area contributed by atoms with Gasteiger partial charge in [-0.3, -0.25) is 0 Å². The van der Waals surface area contributed by atoms with Crippen molar-refractivity contribution in [2.75, 3.05) is 6.54 Å². The van der Waals surface area contributed by atoms with E-state index in [1.165, 1.54) is 11.8 Å². The third-order valence-corrected chi connectivity index (χ3v) is 5.26. The zero-order chi connectivity index (χ0) is 14.8. The Balaban J connectivity index is 2.06. The van der Waals surface area contributed by atoms with E-state index in [2.05, 4.69) is 19.9 Å². The summed E-state index contributed by atoms with van der Waals surface area (Å²) < 4.78 is 27.7. The predicted octanol–water partition coefficient (Wildman–Crippen LogP) is -0.509. The van der Waals surface area contributed by atoms with Crippen molar-refractivity contribution < 1.29 is 18.3 Å². The molecule has 0 radical (unpaired) electrons. The molecule has 0 aliphatic heterocycles. The quantitative estimate of drug-likeness (QED) is 0.734. The second-order valence-corrected chi connectivity index (χ2v) is 6.62. The fourth-order valence-corrected chi connectivity index (χ4v) is 3.68. The molecule has 2 aromatic heterocycles. The molecule has 2 aromatic rings. The molecule has 108 valence electrons. The van der Waals surface area contributed by atoms with Gasteiger partial charge in [-0.15, -0.1) is 21.5 Å². The smallest absolute Gasteiger partial charge is 0.356 e.